The van der Waals surface area contributed by atoms with Crippen LogP contribution >= 0.6 is 0 Å². The number of fused-ring (bicyclic) bond motifs is 1. The maximum atomic E-state index is 12.7. The predicted octanol–water partition coefficient (Wildman–Crippen LogP) is 1.75. The normalized spacial score (nSPS) is 22.0. The molecule has 3 rings (SSSR count). The maximum absolute atomic E-state index is 12.7. The summed E-state index contributed by atoms with van der Waals surface area (Å²) in [6, 6.07) is 2.02. The number of hydrogen-bond acceptors (Lipinski definition) is 4. The van der Waals surface area contributed by atoms with E-state index in [0.717, 1.165) is 44.6 Å². The smallest absolute Gasteiger partial charge is 0.248 e. The standard InChI is InChI=1S/C18H30N4O2/c1-20(2)10-8-15-11-21(13-16-7-9-19-22(16)12-15)18(23)14-24-17-5-3-4-6-17/h7,9,15,17H,3-6,8,10-14H2,1-2H3/t15-/m1/s1. The van der Waals surface area contributed by atoms with Gasteiger partial charge in [0.2, 0.25) is 5.91 Å². The zero-order chi connectivity index (χ0) is 16.9. The quantitative estimate of drug-likeness (QED) is 0.795. The molecule has 1 aromatic rings. The Hall–Kier alpha value is -1.40. The molecule has 0 aromatic carbocycles. The second kappa shape index (κ2) is 8.12. The summed E-state index contributed by atoms with van der Waals surface area (Å²) in [7, 11) is 4.18. The topological polar surface area (TPSA) is 50.6 Å². The van der Waals surface area contributed by atoms with Crippen LogP contribution in [0.2, 0.25) is 0 Å². The van der Waals surface area contributed by atoms with Crippen LogP contribution in [0.3, 0.4) is 0 Å². The number of aromatic nitrogens is 2. The molecule has 2 heterocycles. The van der Waals surface area contributed by atoms with Gasteiger partial charge in [-0.05, 0) is 51.9 Å². The summed E-state index contributed by atoms with van der Waals surface area (Å²) in [4.78, 5) is 16.9. The Balaban J connectivity index is 1.61. The Morgan fingerprint density at radius 2 is 2.12 bits per heavy atom. The summed E-state index contributed by atoms with van der Waals surface area (Å²) < 4.78 is 7.90. The number of carbonyl (C=O) groups is 1. The van der Waals surface area contributed by atoms with Crippen LogP contribution in [0.15, 0.2) is 12.3 Å². The van der Waals surface area contributed by atoms with Crippen molar-refractivity contribution in [3.63, 3.8) is 0 Å². The zero-order valence-electron chi connectivity index (χ0n) is 15.0. The number of rotatable bonds is 6. The lowest BCUT2D eigenvalue weighted by atomic mass is 10.1. The minimum atomic E-state index is 0.117. The SMILES string of the molecule is CN(C)CC[C@@H]1CN(C(=O)COC2CCCC2)Cc2ccnn2C1. The first-order valence-corrected chi connectivity index (χ1v) is 9.16. The molecule has 6 nitrogen and oxygen atoms in total. The average molecular weight is 334 g/mol. The molecule has 1 aliphatic heterocycles. The third-order valence-electron chi connectivity index (χ3n) is 5.15. The highest BCUT2D eigenvalue weighted by molar-refractivity contribution is 5.77. The van der Waals surface area contributed by atoms with Gasteiger partial charge in [-0.15, -0.1) is 0 Å². The van der Waals surface area contributed by atoms with Gasteiger partial charge < -0.3 is 14.5 Å². The van der Waals surface area contributed by atoms with Crippen molar-refractivity contribution in [3.05, 3.63) is 18.0 Å². The van der Waals surface area contributed by atoms with Crippen LogP contribution in [0.5, 0.6) is 0 Å². The summed E-state index contributed by atoms with van der Waals surface area (Å²) in [6.45, 7) is 3.58. The first-order valence-electron chi connectivity index (χ1n) is 9.16. The van der Waals surface area contributed by atoms with Crippen LogP contribution in [0, 0.1) is 5.92 Å². The molecule has 0 bridgehead atoms. The van der Waals surface area contributed by atoms with Crippen molar-refractivity contribution in [3.8, 4) is 0 Å². The lowest BCUT2D eigenvalue weighted by Gasteiger charge is -2.25. The van der Waals surface area contributed by atoms with Crippen molar-refractivity contribution in [2.24, 2.45) is 5.92 Å². The molecule has 0 unspecified atom stereocenters. The first-order chi connectivity index (χ1) is 11.6. The van der Waals surface area contributed by atoms with Crippen molar-refractivity contribution in [2.75, 3.05) is 33.8 Å². The summed E-state index contributed by atoms with van der Waals surface area (Å²) >= 11 is 0. The summed E-state index contributed by atoms with van der Waals surface area (Å²) in [6.07, 6.45) is 7.86. The third kappa shape index (κ3) is 4.57. The van der Waals surface area contributed by atoms with Crippen molar-refractivity contribution in [1.82, 2.24) is 19.6 Å². The molecule has 1 amide bonds. The van der Waals surface area contributed by atoms with E-state index in [2.05, 4.69) is 28.8 Å². The van der Waals surface area contributed by atoms with Crippen LogP contribution < -0.4 is 0 Å². The van der Waals surface area contributed by atoms with Crippen LogP contribution in [0.1, 0.15) is 37.8 Å². The molecule has 1 atom stereocenters. The molecular formula is C18H30N4O2. The molecule has 1 aliphatic carbocycles. The van der Waals surface area contributed by atoms with Gasteiger partial charge in [0, 0.05) is 19.3 Å². The summed E-state index contributed by atoms with van der Waals surface area (Å²) in [5.41, 5.74) is 1.12. The second-order valence-electron chi connectivity index (χ2n) is 7.45. The highest BCUT2D eigenvalue weighted by Crippen LogP contribution is 2.22. The Morgan fingerprint density at radius 1 is 1.33 bits per heavy atom. The fraction of sp³-hybridized carbons (Fsp3) is 0.778. The Morgan fingerprint density at radius 3 is 2.88 bits per heavy atom. The first kappa shape index (κ1) is 17.4. The second-order valence-corrected chi connectivity index (χ2v) is 7.45. The Kier molecular flexibility index (Phi) is 5.89. The molecule has 134 valence electrons. The Bertz CT molecular complexity index is 537. The number of hydrogen-bond donors (Lipinski definition) is 0. The Labute approximate surface area is 144 Å². The van der Waals surface area contributed by atoms with E-state index in [-0.39, 0.29) is 18.6 Å². The van der Waals surface area contributed by atoms with Gasteiger partial charge in [-0.1, -0.05) is 12.8 Å². The van der Waals surface area contributed by atoms with Crippen molar-refractivity contribution in [1.29, 1.82) is 0 Å². The van der Waals surface area contributed by atoms with Gasteiger partial charge in [0.1, 0.15) is 6.61 Å². The van der Waals surface area contributed by atoms with Crippen molar-refractivity contribution in [2.45, 2.75) is 51.3 Å². The van der Waals surface area contributed by atoms with Gasteiger partial charge in [0.15, 0.2) is 0 Å². The number of carbonyl (C=O) groups excluding carboxylic acids is 1. The van der Waals surface area contributed by atoms with Crippen LogP contribution in [0.25, 0.3) is 0 Å². The molecule has 1 saturated carbocycles. The van der Waals surface area contributed by atoms with Gasteiger partial charge in [0.25, 0.3) is 0 Å². The molecule has 1 fully saturated rings. The van der Waals surface area contributed by atoms with E-state index in [9.17, 15) is 4.79 Å². The third-order valence-corrected chi connectivity index (χ3v) is 5.15. The zero-order valence-corrected chi connectivity index (χ0v) is 15.0. The lowest BCUT2D eigenvalue weighted by molar-refractivity contribution is -0.139. The molecule has 0 spiro atoms. The highest BCUT2D eigenvalue weighted by Gasteiger charge is 2.26. The van der Waals surface area contributed by atoms with E-state index in [4.69, 9.17) is 4.74 Å². The van der Waals surface area contributed by atoms with E-state index < -0.39 is 0 Å². The van der Waals surface area contributed by atoms with Gasteiger partial charge in [-0.25, -0.2) is 0 Å². The van der Waals surface area contributed by atoms with E-state index in [0.29, 0.717) is 12.5 Å². The van der Waals surface area contributed by atoms with E-state index in [1.54, 1.807) is 0 Å². The highest BCUT2D eigenvalue weighted by atomic mass is 16.5. The maximum Gasteiger partial charge on any atom is 0.248 e. The molecule has 0 N–H and O–H groups in total. The van der Waals surface area contributed by atoms with Gasteiger partial charge in [0.05, 0.1) is 18.3 Å². The van der Waals surface area contributed by atoms with Crippen LogP contribution in [-0.4, -0.2) is 65.4 Å². The van der Waals surface area contributed by atoms with Gasteiger partial charge in [-0.3, -0.25) is 9.48 Å². The van der Waals surface area contributed by atoms with Crippen molar-refractivity contribution >= 4 is 5.91 Å². The van der Waals surface area contributed by atoms with Crippen LogP contribution in [-0.2, 0) is 22.6 Å². The molecule has 1 aromatic heterocycles. The van der Waals surface area contributed by atoms with E-state index >= 15 is 0 Å². The monoisotopic (exact) mass is 334 g/mol. The fourth-order valence-electron chi connectivity index (χ4n) is 3.68. The molecular weight excluding hydrogens is 304 g/mol. The lowest BCUT2D eigenvalue weighted by Crippen LogP contribution is -2.37. The largest absolute Gasteiger partial charge is 0.368 e. The van der Waals surface area contributed by atoms with E-state index in [1.165, 1.54) is 12.8 Å². The minimum absolute atomic E-state index is 0.117. The molecule has 2 aliphatic rings. The molecule has 6 heteroatoms. The fourth-order valence-corrected chi connectivity index (χ4v) is 3.68. The average Bonchev–Trinajstić information content (AvgIpc) is 3.19. The number of amides is 1. The number of nitrogens with zero attached hydrogens (tertiary/aromatic N) is 4. The van der Waals surface area contributed by atoms with Crippen molar-refractivity contribution < 1.29 is 9.53 Å². The molecule has 0 radical (unpaired) electrons. The minimum Gasteiger partial charge on any atom is -0.368 e. The number of ether oxygens (including phenoxy) is 1. The van der Waals surface area contributed by atoms with Gasteiger partial charge in [-0.2, -0.15) is 5.10 Å². The predicted molar refractivity (Wildman–Crippen MR) is 92.5 cm³/mol. The molecule has 24 heavy (non-hydrogen) atoms. The van der Waals surface area contributed by atoms with E-state index in [1.807, 2.05) is 17.2 Å². The molecule has 0 saturated heterocycles. The van der Waals surface area contributed by atoms with Crippen LogP contribution in [0.4, 0.5) is 0 Å². The van der Waals surface area contributed by atoms with Gasteiger partial charge >= 0.3 is 0 Å². The summed E-state index contributed by atoms with van der Waals surface area (Å²) in [5.74, 6) is 0.551. The summed E-state index contributed by atoms with van der Waals surface area (Å²) in [5, 5.41) is 4.43.